The van der Waals surface area contributed by atoms with Gasteiger partial charge in [-0.3, -0.25) is 0 Å². The van der Waals surface area contributed by atoms with E-state index in [0.717, 1.165) is 0 Å². The molecular formula is H8KO6P. The van der Waals surface area contributed by atoms with Gasteiger partial charge < -0.3 is 27.1 Å². The van der Waals surface area contributed by atoms with E-state index in [1.807, 2.05) is 0 Å². The van der Waals surface area contributed by atoms with E-state index >= 15 is 0 Å². The van der Waals surface area contributed by atoms with E-state index in [4.69, 9.17) is 19.2 Å². The Balaban J connectivity index is -0.0000000133. The number of hydrogen-bond acceptors (Lipinski definition) is 1. The van der Waals surface area contributed by atoms with Gasteiger partial charge in [0.25, 0.3) is 0 Å². The van der Waals surface area contributed by atoms with E-state index < -0.39 is 7.82 Å². The van der Waals surface area contributed by atoms with Gasteiger partial charge in [-0.2, -0.15) is 0 Å². The average molecular weight is 174 g/mol. The maximum absolute atomic E-state index is 8.88. The van der Waals surface area contributed by atoms with E-state index in [0.29, 0.717) is 0 Å². The molecule has 0 heterocycles. The van der Waals surface area contributed by atoms with Crippen LogP contribution in [0.2, 0.25) is 0 Å². The third-order valence-electron chi connectivity index (χ3n) is 0. The first-order valence-electron chi connectivity index (χ1n) is 0.783. The van der Waals surface area contributed by atoms with E-state index in [2.05, 4.69) is 0 Å². The van der Waals surface area contributed by atoms with Gasteiger partial charge in [0.1, 0.15) is 0 Å². The molecular weight excluding hydrogens is 166 g/mol. The Kier molecular flexibility index (Phi) is 24.5. The van der Waals surface area contributed by atoms with E-state index in [1.54, 1.807) is 0 Å². The van der Waals surface area contributed by atoms with Crippen LogP contribution >= 0.6 is 7.82 Å². The molecule has 0 atom stereocenters. The molecule has 0 aromatic carbocycles. The second-order valence-corrected chi connectivity index (χ2v) is 1.54. The summed E-state index contributed by atoms with van der Waals surface area (Å²) in [5, 5.41) is 0. The fourth-order valence-corrected chi connectivity index (χ4v) is 0. The monoisotopic (exact) mass is 174 g/mol. The van der Waals surface area contributed by atoms with E-state index in [-0.39, 0.29) is 63.8 Å². The Morgan fingerprint density at radius 2 is 1.12 bits per heavy atom. The molecule has 8 heavy (non-hydrogen) atoms. The minimum absolute atomic E-state index is 0. The molecule has 0 bridgehead atoms. The Morgan fingerprint density at radius 1 is 1.12 bits per heavy atom. The molecule has 0 unspecified atom stereocenters. The molecule has 50 valence electrons. The van der Waals surface area contributed by atoms with Crippen molar-refractivity contribution in [2.24, 2.45) is 0 Å². The van der Waals surface area contributed by atoms with Crippen molar-refractivity contribution < 1.29 is 83.0 Å². The van der Waals surface area contributed by atoms with Gasteiger partial charge in [-0.05, 0) is 0 Å². The van der Waals surface area contributed by atoms with Crippen molar-refractivity contribution in [2.45, 2.75) is 0 Å². The predicted octanol–water partition coefficient (Wildman–Crippen LogP) is -5.46. The fourth-order valence-electron chi connectivity index (χ4n) is 0. The first kappa shape index (κ1) is 22.6. The summed E-state index contributed by atoms with van der Waals surface area (Å²) in [5.74, 6) is 0. The zero-order valence-electron chi connectivity index (χ0n) is 5.20. The van der Waals surface area contributed by atoms with Crippen molar-refractivity contribution in [3.8, 4) is 0 Å². The summed E-state index contributed by atoms with van der Waals surface area (Å²) in [5.41, 5.74) is 0. The van der Waals surface area contributed by atoms with Crippen LogP contribution in [0, 0.1) is 0 Å². The largest absolute Gasteiger partial charge is 1.00 e. The molecule has 0 aliphatic rings. The molecule has 0 aliphatic carbocycles. The SMILES string of the molecule is O.O.O=P(O)(O)O.[H-].[K+]. The first-order chi connectivity index (χ1) is 2.00. The van der Waals surface area contributed by atoms with Crippen LogP contribution < -0.4 is 51.4 Å². The second-order valence-electron chi connectivity index (χ2n) is 0.513. The Hall–Kier alpha value is 1.67. The van der Waals surface area contributed by atoms with Crippen LogP contribution in [0.25, 0.3) is 0 Å². The fraction of sp³-hybridized carbons (Fsp3) is 0. The van der Waals surface area contributed by atoms with Crippen LogP contribution in [-0.2, 0) is 4.57 Å². The van der Waals surface area contributed by atoms with E-state index in [1.165, 1.54) is 0 Å². The number of rotatable bonds is 0. The Morgan fingerprint density at radius 3 is 1.12 bits per heavy atom. The number of phosphoric acid groups is 1. The standard InChI is InChI=1S/K.H3O4P.2H2O.H/c;1-5(2,3)4;;;/h;(H3,1,2,3,4);2*1H2;/q+1;;;;-1. The van der Waals surface area contributed by atoms with Crippen molar-refractivity contribution in [1.29, 1.82) is 0 Å². The van der Waals surface area contributed by atoms with Gasteiger partial charge in [-0.25, -0.2) is 4.57 Å². The normalized spacial score (nSPS) is 7.38. The summed E-state index contributed by atoms with van der Waals surface area (Å²) < 4.78 is 8.88. The van der Waals surface area contributed by atoms with Crippen molar-refractivity contribution in [2.75, 3.05) is 0 Å². The van der Waals surface area contributed by atoms with Crippen molar-refractivity contribution >= 4 is 7.82 Å². The van der Waals surface area contributed by atoms with Gasteiger partial charge in [0.05, 0.1) is 0 Å². The average Bonchev–Trinajstić information content (AvgIpc) is 0.722. The molecule has 0 aliphatic heterocycles. The molecule has 0 fully saturated rings. The van der Waals surface area contributed by atoms with Gasteiger partial charge in [0, 0.05) is 0 Å². The van der Waals surface area contributed by atoms with Crippen LogP contribution in [0.4, 0.5) is 0 Å². The van der Waals surface area contributed by atoms with E-state index in [9.17, 15) is 0 Å². The summed E-state index contributed by atoms with van der Waals surface area (Å²) in [6, 6.07) is 0. The van der Waals surface area contributed by atoms with Gasteiger partial charge in [0.2, 0.25) is 0 Å². The summed E-state index contributed by atoms with van der Waals surface area (Å²) in [6.07, 6.45) is 0. The van der Waals surface area contributed by atoms with Crippen LogP contribution in [0.15, 0.2) is 0 Å². The summed E-state index contributed by atoms with van der Waals surface area (Å²) >= 11 is 0. The van der Waals surface area contributed by atoms with Crippen LogP contribution in [0.1, 0.15) is 1.43 Å². The van der Waals surface area contributed by atoms with Gasteiger partial charge in [0.15, 0.2) is 0 Å². The first-order valence-corrected chi connectivity index (χ1v) is 2.35. The molecule has 8 heteroatoms. The molecule has 7 N–H and O–H groups in total. The summed E-state index contributed by atoms with van der Waals surface area (Å²) in [4.78, 5) is 21.6. The molecule has 0 spiro atoms. The third kappa shape index (κ3) is 123. The maximum atomic E-state index is 8.88. The third-order valence-corrected chi connectivity index (χ3v) is 0. The van der Waals surface area contributed by atoms with Crippen LogP contribution in [-0.4, -0.2) is 25.6 Å². The molecule has 0 saturated carbocycles. The van der Waals surface area contributed by atoms with Crippen molar-refractivity contribution in [1.82, 2.24) is 0 Å². The van der Waals surface area contributed by atoms with Crippen LogP contribution in [0.3, 0.4) is 0 Å². The molecule has 0 aromatic heterocycles. The quantitative estimate of drug-likeness (QED) is 0.249. The van der Waals surface area contributed by atoms with Gasteiger partial charge >= 0.3 is 59.2 Å². The minimum atomic E-state index is -4.64. The van der Waals surface area contributed by atoms with Gasteiger partial charge in [-0.1, -0.05) is 0 Å². The topological polar surface area (TPSA) is 141 Å². The van der Waals surface area contributed by atoms with Crippen LogP contribution in [0.5, 0.6) is 0 Å². The zero-order chi connectivity index (χ0) is 4.50. The molecule has 0 radical (unpaired) electrons. The molecule has 0 amide bonds. The summed E-state index contributed by atoms with van der Waals surface area (Å²) in [6.45, 7) is 0. The van der Waals surface area contributed by atoms with Crippen molar-refractivity contribution in [3.05, 3.63) is 0 Å². The Labute approximate surface area is 89.7 Å². The zero-order valence-corrected chi connectivity index (χ0v) is 8.21. The smallest absolute Gasteiger partial charge is 1.00 e. The Bertz CT molecular complexity index is 59.2. The minimum Gasteiger partial charge on any atom is -1.00 e. The number of hydrogen-bond donors (Lipinski definition) is 3. The maximum Gasteiger partial charge on any atom is 1.00 e. The predicted molar refractivity (Wildman–Crippen MR) is 22.6 cm³/mol. The molecule has 0 aromatic rings. The molecule has 0 rings (SSSR count). The second kappa shape index (κ2) is 8.67. The molecule has 6 nitrogen and oxygen atoms in total. The molecule has 0 saturated heterocycles. The summed E-state index contributed by atoms with van der Waals surface area (Å²) in [7, 11) is -4.64. The van der Waals surface area contributed by atoms with Crippen molar-refractivity contribution in [3.63, 3.8) is 0 Å². The van der Waals surface area contributed by atoms with Gasteiger partial charge in [-0.15, -0.1) is 0 Å².